The van der Waals surface area contributed by atoms with Gasteiger partial charge in [0.15, 0.2) is 11.5 Å². The zero-order valence-corrected chi connectivity index (χ0v) is 16.8. The molecule has 4 amide bonds. The number of barbiturate groups is 1. The number of phenols is 1. The van der Waals surface area contributed by atoms with Gasteiger partial charge < -0.3 is 9.84 Å². The highest BCUT2D eigenvalue weighted by Gasteiger charge is 2.36. The van der Waals surface area contributed by atoms with Gasteiger partial charge in [-0.25, -0.2) is 9.69 Å². The molecule has 0 spiro atoms. The van der Waals surface area contributed by atoms with Crippen LogP contribution in [0.25, 0.3) is 6.08 Å². The summed E-state index contributed by atoms with van der Waals surface area (Å²) >= 11 is 0. The summed E-state index contributed by atoms with van der Waals surface area (Å²) in [7, 11) is 0. The largest absolute Gasteiger partial charge is 0.504 e. The molecule has 0 bridgehead atoms. The molecule has 0 atom stereocenters. The lowest BCUT2D eigenvalue weighted by Crippen LogP contribution is -2.54. The summed E-state index contributed by atoms with van der Waals surface area (Å²) in [6, 6.07) is 9.23. The Balaban J connectivity index is 2.07. The van der Waals surface area contributed by atoms with Gasteiger partial charge in [0.25, 0.3) is 11.8 Å². The lowest BCUT2D eigenvalue weighted by molar-refractivity contribution is -0.122. The maximum Gasteiger partial charge on any atom is 0.335 e. The number of aromatic hydroxyl groups is 1. The van der Waals surface area contributed by atoms with Crippen molar-refractivity contribution in [3.8, 4) is 11.5 Å². The average Bonchev–Trinajstić information content (AvgIpc) is 2.69. The number of carbonyl (C=O) groups excluding carboxylic acids is 3. The number of carbonyl (C=O) groups is 3. The summed E-state index contributed by atoms with van der Waals surface area (Å²) in [6.07, 6.45) is 3.37. The summed E-state index contributed by atoms with van der Waals surface area (Å²) in [6.45, 7) is 7.62. The van der Waals surface area contributed by atoms with Crippen LogP contribution < -0.4 is 15.0 Å². The van der Waals surface area contributed by atoms with Crippen LogP contribution in [0.2, 0.25) is 0 Å². The maximum absolute atomic E-state index is 13.0. The zero-order chi connectivity index (χ0) is 21.8. The summed E-state index contributed by atoms with van der Waals surface area (Å²) in [5, 5.41) is 12.5. The average molecular weight is 406 g/mol. The molecule has 0 radical (unpaired) electrons. The molecule has 2 N–H and O–H groups in total. The van der Waals surface area contributed by atoms with E-state index in [-0.39, 0.29) is 17.1 Å². The first-order valence-electron chi connectivity index (χ1n) is 9.43. The van der Waals surface area contributed by atoms with Crippen molar-refractivity contribution < 1.29 is 24.2 Å². The second-order valence-electron chi connectivity index (χ2n) is 6.75. The summed E-state index contributed by atoms with van der Waals surface area (Å²) in [5.74, 6) is -1.30. The number of imide groups is 2. The van der Waals surface area contributed by atoms with Gasteiger partial charge >= 0.3 is 6.03 Å². The molecule has 0 aliphatic carbocycles. The molecule has 0 saturated carbocycles. The predicted molar refractivity (Wildman–Crippen MR) is 113 cm³/mol. The van der Waals surface area contributed by atoms with Crippen LogP contribution in [0.3, 0.4) is 0 Å². The number of aryl methyl sites for hydroxylation is 1. The number of ether oxygens (including phenoxy) is 1. The Morgan fingerprint density at radius 3 is 2.63 bits per heavy atom. The van der Waals surface area contributed by atoms with Crippen LogP contribution in [0.15, 0.2) is 54.6 Å². The van der Waals surface area contributed by atoms with Crippen LogP contribution >= 0.6 is 0 Å². The Kier molecular flexibility index (Phi) is 6.01. The number of nitrogens with zero attached hydrogens (tertiary/aromatic N) is 1. The van der Waals surface area contributed by atoms with Gasteiger partial charge in [-0.05, 0) is 61.7 Å². The highest BCUT2D eigenvalue weighted by atomic mass is 16.5. The van der Waals surface area contributed by atoms with Gasteiger partial charge in [0.05, 0.1) is 12.3 Å². The molecule has 1 fully saturated rings. The number of benzene rings is 2. The number of hydrogen-bond acceptors (Lipinski definition) is 5. The minimum absolute atomic E-state index is 0.0186. The first-order chi connectivity index (χ1) is 14.3. The molecular formula is C23H22N2O5. The Hall–Kier alpha value is -3.87. The monoisotopic (exact) mass is 406 g/mol. The number of allylic oxidation sites excluding steroid dienone is 1. The Labute approximate surface area is 174 Å². The van der Waals surface area contributed by atoms with Crippen molar-refractivity contribution in [2.24, 2.45) is 0 Å². The number of hydrogen-bond donors (Lipinski definition) is 2. The van der Waals surface area contributed by atoms with Gasteiger partial charge in [-0.1, -0.05) is 18.2 Å². The number of rotatable bonds is 6. The van der Waals surface area contributed by atoms with Crippen molar-refractivity contribution in [2.45, 2.75) is 20.3 Å². The third-order valence-corrected chi connectivity index (χ3v) is 4.51. The van der Waals surface area contributed by atoms with E-state index in [0.717, 1.165) is 10.5 Å². The van der Waals surface area contributed by atoms with E-state index in [1.165, 1.54) is 12.1 Å². The van der Waals surface area contributed by atoms with E-state index >= 15 is 0 Å². The van der Waals surface area contributed by atoms with Crippen molar-refractivity contribution in [1.29, 1.82) is 0 Å². The minimum Gasteiger partial charge on any atom is -0.504 e. The lowest BCUT2D eigenvalue weighted by Gasteiger charge is -2.26. The molecule has 1 aliphatic heterocycles. The normalized spacial score (nSPS) is 15.3. The first kappa shape index (κ1) is 20.9. The summed E-state index contributed by atoms with van der Waals surface area (Å²) in [4.78, 5) is 38.7. The van der Waals surface area contributed by atoms with Crippen molar-refractivity contribution in [2.75, 3.05) is 11.5 Å². The second-order valence-corrected chi connectivity index (χ2v) is 6.75. The van der Waals surface area contributed by atoms with Crippen LogP contribution in [0.4, 0.5) is 10.5 Å². The zero-order valence-electron chi connectivity index (χ0n) is 16.8. The van der Waals surface area contributed by atoms with Gasteiger partial charge in [-0.3, -0.25) is 14.9 Å². The predicted octanol–water partition coefficient (Wildman–Crippen LogP) is 3.49. The van der Waals surface area contributed by atoms with Crippen LogP contribution in [0.5, 0.6) is 11.5 Å². The third-order valence-electron chi connectivity index (χ3n) is 4.51. The van der Waals surface area contributed by atoms with Gasteiger partial charge in [0.1, 0.15) is 5.57 Å². The highest BCUT2D eigenvalue weighted by Crippen LogP contribution is 2.33. The molecule has 154 valence electrons. The quantitative estimate of drug-likeness (QED) is 0.435. The number of anilines is 1. The van der Waals surface area contributed by atoms with Gasteiger partial charge in [0.2, 0.25) is 0 Å². The Morgan fingerprint density at radius 2 is 1.97 bits per heavy atom. The molecule has 2 aromatic rings. The van der Waals surface area contributed by atoms with Crippen molar-refractivity contribution >= 4 is 29.6 Å². The topological polar surface area (TPSA) is 95.9 Å². The number of urea groups is 1. The van der Waals surface area contributed by atoms with Crippen LogP contribution in [0.1, 0.15) is 23.6 Å². The Bertz CT molecular complexity index is 1070. The van der Waals surface area contributed by atoms with E-state index in [1.54, 1.807) is 37.3 Å². The number of phenolic OH excluding ortho intramolecular Hbond substituents is 1. The maximum atomic E-state index is 13.0. The van der Waals surface area contributed by atoms with Gasteiger partial charge in [0, 0.05) is 5.56 Å². The van der Waals surface area contributed by atoms with Crippen molar-refractivity contribution in [3.63, 3.8) is 0 Å². The van der Waals surface area contributed by atoms with E-state index < -0.39 is 17.8 Å². The molecule has 1 aliphatic rings. The van der Waals surface area contributed by atoms with Gasteiger partial charge in [-0.15, -0.1) is 6.58 Å². The van der Waals surface area contributed by atoms with E-state index in [4.69, 9.17) is 4.74 Å². The van der Waals surface area contributed by atoms with Crippen LogP contribution in [-0.2, 0) is 16.0 Å². The number of nitrogens with one attached hydrogen (secondary N) is 1. The second kappa shape index (κ2) is 8.65. The summed E-state index contributed by atoms with van der Waals surface area (Å²) in [5.41, 5.74) is 2.05. The molecular weight excluding hydrogens is 384 g/mol. The number of amides is 4. The molecule has 0 aromatic heterocycles. The third kappa shape index (κ3) is 4.10. The fraction of sp³-hybridized carbons (Fsp3) is 0.174. The molecule has 1 saturated heterocycles. The highest BCUT2D eigenvalue weighted by molar-refractivity contribution is 6.39. The first-order valence-corrected chi connectivity index (χ1v) is 9.43. The van der Waals surface area contributed by atoms with Crippen molar-refractivity contribution in [1.82, 2.24) is 5.32 Å². The van der Waals surface area contributed by atoms with Crippen molar-refractivity contribution in [3.05, 3.63) is 71.3 Å². The standard InChI is InChI=1S/C23H22N2O5/c1-4-7-16-11-15(13-19(20(16)26)30-5-2)12-18-21(27)24-23(29)25(22(18)28)17-9-6-8-14(3)10-17/h4,6,8-13,26H,1,5,7H2,2-3H3,(H,24,27,29)/b18-12+. The molecule has 3 rings (SSSR count). The smallest absolute Gasteiger partial charge is 0.335 e. The molecule has 1 heterocycles. The van der Waals surface area contributed by atoms with Crippen LogP contribution in [0, 0.1) is 6.92 Å². The van der Waals surface area contributed by atoms with Crippen LogP contribution in [-0.4, -0.2) is 29.6 Å². The van der Waals surface area contributed by atoms with Gasteiger partial charge in [-0.2, -0.15) is 0 Å². The lowest BCUT2D eigenvalue weighted by atomic mass is 10.0. The van der Waals surface area contributed by atoms with E-state index in [9.17, 15) is 19.5 Å². The Morgan fingerprint density at radius 1 is 1.20 bits per heavy atom. The fourth-order valence-electron chi connectivity index (χ4n) is 3.17. The van der Waals surface area contributed by atoms with E-state index in [0.29, 0.717) is 29.8 Å². The fourth-order valence-corrected chi connectivity index (χ4v) is 3.17. The van der Waals surface area contributed by atoms with E-state index in [1.807, 2.05) is 13.0 Å². The van der Waals surface area contributed by atoms with E-state index in [2.05, 4.69) is 11.9 Å². The summed E-state index contributed by atoms with van der Waals surface area (Å²) < 4.78 is 5.46. The molecule has 7 heteroatoms. The molecule has 0 unspecified atom stereocenters. The minimum atomic E-state index is -0.805. The molecule has 30 heavy (non-hydrogen) atoms. The molecule has 2 aromatic carbocycles. The molecule has 7 nitrogen and oxygen atoms in total. The SMILES string of the molecule is C=CCc1cc(/C=C2\C(=O)NC(=O)N(c3cccc(C)c3)C2=O)cc(OCC)c1O.